The van der Waals surface area contributed by atoms with Crippen LogP contribution >= 0.6 is 0 Å². The SMILES string of the molecule is COOc1ccc(O)cc1OOC. The highest BCUT2D eigenvalue weighted by atomic mass is 17.2. The minimum absolute atomic E-state index is 0.0514. The average Bonchev–Trinajstić information content (AvgIpc) is 2.10. The molecule has 0 bridgehead atoms. The van der Waals surface area contributed by atoms with Crippen LogP contribution in [-0.4, -0.2) is 19.3 Å². The van der Waals surface area contributed by atoms with Crippen molar-refractivity contribution in [2.75, 3.05) is 14.2 Å². The largest absolute Gasteiger partial charge is 0.508 e. The van der Waals surface area contributed by atoms with Crippen molar-refractivity contribution in [1.29, 1.82) is 0 Å². The first kappa shape index (κ1) is 9.63. The van der Waals surface area contributed by atoms with Gasteiger partial charge in [0.15, 0.2) is 0 Å². The molecule has 0 heterocycles. The molecular weight excluding hydrogens is 176 g/mol. The first-order valence-electron chi connectivity index (χ1n) is 3.52. The summed E-state index contributed by atoms with van der Waals surface area (Å²) in [6, 6.07) is 4.28. The minimum atomic E-state index is 0.0514. The number of hydrogen-bond donors (Lipinski definition) is 1. The van der Waals surface area contributed by atoms with Crippen molar-refractivity contribution in [1.82, 2.24) is 0 Å². The number of rotatable bonds is 4. The van der Waals surface area contributed by atoms with E-state index in [1.54, 1.807) is 0 Å². The summed E-state index contributed by atoms with van der Waals surface area (Å²) in [6.45, 7) is 0. The van der Waals surface area contributed by atoms with Gasteiger partial charge in [-0.15, -0.1) is 0 Å². The van der Waals surface area contributed by atoms with Crippen LogP contribution in [0, 0.1) is 0 Å². The second kappa shape index (κ2) is 4.54. The molecule has 0 spiro atoms. The van der Waals surface area contributed by atoms with Crippen LogP contribution in [-0.2, 0) is 9.78 Å². The van der Waals surface area contributed by atoms with Gasteiger partial charge in [-0.2, -0.15) is 9.78 Å². The Kier molecular flexibility index (Phi) is 3.36. The molecule has 0 aliphatic rings. The van der Waals surface area contributed by atoms with Crippen molar-refractivity contribution < 1.29 is 24.7 Å². The Bertz CT molecular complexity index is 273. The maximum Gasteiger partial charge on any atom is 0.214 e. The van der Waals surface area contributed by atoms with E-state index >= 15 is 0 Å². The van der Waals surface area contributed by atoms with Gasteiger partial charge in [-0.05, 0) is 12.1 Å². The van der Waals surface area contributed by atoms with Crippen molar-refractivity contribution >= 4 is 0 Å². The van der Waals surface area contributed by atoms with E-state index in [4.69, 9.17) is 14.9 Å². The Labute approximate surface area is 75.3 Å². The van der Waals surface area contributed by atoms with Gasteiger partial charge in [0.05, 0.1) is 14.2 Å². The fraction of sp³-hybridized carbons (Fsp3) is 0.250. The zero-order valence-electron chi connectivity index (χ0n) is 7.31. The lowest BCUT2D eigenvalue weighted by atomic mass is 10.3. The van der Waals surface area contributed by atoms with Crippen molar-refractivity contribution in [2.24, 2.45) is 0 Å². The molecule has 72 valence electrons. The molecule has 5 heteroatoms. The van der Waals surface area contributed by atoms with Gasteiger partial charge in [-0.1, -0.05) is 0 Å². The van der Waals surface area contributed by atoms with Gasteiger partial charge in [-0.3, -0.25) is 0 Å². The normalized spacial score (nSPS) is 9.69. The third kappa shape index (κ3) is 2.50. The molecule has 0 amide bonds. The summed E-state index contributed by atoms with van der Waals surface area (Å²) in [7, 11) is 2.71. The summed E-state index contributed by atoms with van der Waals surface area (Å²) in [5.41, 5.74) is 0. The molecule has 0 aliphatic carbocycles. The Balaban J connectivity index is 2.89. The standard InChI is InChI=1S/C8H10O5/c1-10-12-7-4-3-6(9)5-8(7)13-11-2/h3-5,9H,1-2H3. The van der Waals surface area contributed by atoms with Crippen LogP contribution in [0.3, 0.4) is 0 Å². The summed E-state index contributed by atoms with van der Waals surface area (Å²) in [6.07, 6.45) is 0. The first-order chi connectivity index (χ1) is 6.27. The van der Waals surface area contributed by atoms with Gasteiger partial charge in [0.25, 0.3) is 0 Å². The zero-order chi connectivity index (χ0) is 9.68. The van der Waals surface area contributed by atoms with Crippen molar-refractivity contribution in [3.8, 4) is 17.2 Å². The van der Waals surface area contributed by atoms with Gasteiger partial charge in [0, 0.05) is 6.07 Å². The van der Waals surface area contributed by atoms with E-state index in [9.17, 15) is 0 Å². The summed E-state index contributed by atoms with van der Waals surface area (Å²) >= 11 is 0. The lowest BCUT2D eigenvalue weighted by Gasteiger charge is -2.06. The summed E-state index contributed by atoms with van der Waals surface area (Å²) in [4.78, 5) is 18.3. The molecular formula is C8H10O5. The van der Waals surface area contributed by atoms with Crippen molar-refractivity contribution in [2.45, 2.75) is 0 Å². The number of benzene rings is 1. The highest BCUT2D eigenvalue weighted by molar-refractivity contribution is 5.44. The van der Waals surface area contributed by atoms with Gasteiger partial charge >= 0.3 is 0 Å². The van der Waals surface area contributed by atoms with Crippen LogP contribution in [0.2, 0.25) is 0 Å². The molecule has 0 aliphatic heterocycles. The zero-order valence-corrected chi connectivity index (χ0v) is 7.31. The van der Waals surface area contributed by atoms with Gasteiger partial charge in [-0.25, -0.2) is 0 Å². The molecule has 13 heavy (non-hydrogen) atoms. The van der Waals surface area contributed by atoms with Crippen LogP contribution in [0.1, 0.15) is 0 Å². The molecule has 1 aromatic carbocycles. The lowest BCUT2D eigenvalue weighted by molar-refractivity contribution is -0.201. The molecule has 5 nitrogen and oxygen atoms in total. The van der Waals surface area contributed by atoms with Gasteiger partial charge < -0.3 is 14.9 Å². The van der Waals surface area contributed by atoms with E-state index in [2.05, 4.69) is 9.78 Å². The number of phenolic OH excluding ortho intramolecular Hbond substituents is 1. The predicted molar refractivity (Wildman–Crippen MR) is 43.4 cm³/mol. The number of hydrogen-bond acceptors (Lipinski definition) is 5. The topological polar surface area (TPSA) is 57.2 Å². The third-order valence-corrected chi connectivity index (χ3v) is 1.27. The fourth-order valence-corrected chi connectivity index (χ4v) is 0.810. The molecule has 1 aromatic rings. The smallest absolute Gasteiger partial charge is 0.214 e. The van der Waals surface area contributed by atoms with Gasteiger partial charge in [0.1, 0.15) is 5.75 Å². The Morgan fingerprint density at radius 1 is 1.00 bits per heavy atom. The molecule has 0 saturated carbocycles. The van der Waals surface area contributed by atoms with Crippen molar-refractivity contribution in [3.05, 3.63) is 18.2 Å². The van der Waals surface area contributed by atoms with Crippen LogP contribution < -0.4 is 9.78 Å². The molecule has 0 aromatic heterocycles. The number of aromatic hydroxyl groups is 1. The van der Waals surface area contributed by atoms with Crippen LogP contribution in [0.4, 0.5) is 0 Å². The van der Waals surface area contributed by atoms with E-state index in [-0.39, 0.29) is 11.5 Å². The number of phenols is 1. The highest BCUT2D eigenvalue weighted by Crippen LogP contribution is 2.30. The first-order valence-corrected chi connectivity index (χ1v) is 3.52. The molecule has 0 fully saturated rings. The van der Waals surface area contributed by atoms with Crippen LogP contribution in [0.5, 0.6) is 17.2 Å². The summed E-state index contributed by atoms with van der Waals surface area (Å²) in [5.74, 6) is 0.613. The monoisotopic (exact) mass is 186 g/mol. The predicted octanol–water partition coefficient (Wildman–Crippen LogP) is 1.27. The van der Waals surface area contributed by atoms with Crippen LogP contribution in [0.25, 0.3) is 0 Å². The van der Waals surface area contributed by atoms with E-state index < -0.39 is 0 Å². The van der Waals surface area contributed by atoms with E-state index in [0.29, 0.717) is 5.75 Å². The minimum Gasteiger partial charge on any atom is -0.508 e. The Morgan fingerprint density at radius 2 is 1.62 bits per heavy atom. The summed E-state index contributed by atoms with van der Waals surface area (Å²) in [5, 5.41) is 9.10. The second-order valence-corrected chi connectivity index (χ2v) is 2.13. The lowest BCUT2D eigenvalue weighted by Crippen LogP contribution is -1.96. The van der Waals surface area contributed by atoms with Gasteiger partial charge in [0.2, 0.25) is 11.5 Å². The second-order valence-electron chi connectivity index (χ2n) is 2.13. The molecule has 1 rings (SSSR count). The molecule has 0 unspecified atom stereocenters. The van der Waals surface area contributed by atoms with E-state index in [1.165, 1.54) is 32.4 Å². The van der Waals surface area contributed by atoms with Crippen LogP contribution in [0.15, 0.2) is 18.2 Å². The van der Waals surface area contributed by atoms with E-state index in [0.717, 1.165) is 0 Å². The maximum atomic E-state index is 9.10. The Hall–Kier alpha value is -1.46. The van der Waals surface area contributed by atoms with Crippen molar-refractivity contribution in [3.63, 3.8) is 0 Å². The van der Waals surface area contributed by atoms with E-state index in [1.807, 2.05) is 0 Å². The third-order valence-electron chi connectivity index (χ3n) is 1.27. The average molecular weight is 186 g/mol. The molecule has 0 saturated heterocycles. The molecule has 0 atom stereocenters. The molecule has 0 radical (unpaired) electrons. The molecule has 1 N–H and O–H groups in total. The Morgan fingerprint density at radius 3 is 2.23 bits per heavy atom. The summed E-state index contributed by atoms with van der Waals surface area (Å²) < 4.78 is 0. The highest BCUT2D eigenvalue weighted by Gasteiger charge is 2.07. The fourth-order valence-electron chi connectivity index (χ4n) is 0.810. The maximum absolute atomic E-state index is 9.10. The quantitative estimate of drug-likeness (QED) is 0.566.